The Labute approximate surface area is 138 Å². The predicted octanol–water partition coefficient (Wildman–Crippen LogP) is 3.29. The molecule has 0 amide bonds. The van der Waals surface area contributed by atoms with Gasteiger partial charge in [-0.25, -0.2) is 8.42 Å². The number of hydrogen-bond donors (Lipinski definition) is 1. The minimum atomic E-state index is -3.80. The molecule has 0 atom stereocenters. The van der Waals surface area contributed by atoms with Gasteiger partial charge >= 0.3 is 5.97 Å². The lowest BCUT2D eigenvalue weighted by Crippen LogP contribution is -2.42. The predicted molar refractivity (Wildman–Crippen MR) is 83.5 cm³/mol. The average Bonchev–Trinajstić information content (AvgIpc) is 2.95. The third kappa shape index (κ3) is 3.44. The monoisotopic (exact) mass is 445 g/mol. The highest BCUT2D eigenvalue weighted by molar-refractivity contribution is 9.12. The first kappa shape index (κ1) is 16.4. The molecule has 1 aromatic heterocycles. The molecule has 1 aliphatic carbocycles. The number of nitrogens with zero attached hydrogens (tertiary/aromatic N) is 1. The normalized spacial score (nSPS) is 16.9. The zero-order valence-electron chi connectivity index (χ0n) is 10.4. The third-order valence-corrected chi connectivity index (χ3v) is 7.89. The molecule has 1 heterocycles. The Kier molecular flexibility index (Phi) is 5.28. The van der Waals surface area contributed by atoms with E-state index in [1.165, 1.54) is 17.4 Å². The van der Waals surface area contributed by atoms with E-state index >= 15 is 0 Å². The van der Waals surface area contributed by atoms with E-state index in [0.29, 0.717) is 7.57 Å². The summed E-state index contributed by atoms with van der Waals surface area (Å²) < 4.78 is 27.7. The van der Waals surface area contributed by atoms with Gasteiger partial charge in [-0.15, -0.1) is 11.3 Å². The van der Waals surface area contributed by atoms with Crippen molar-refractivity contribution in [3.63, 3.8) is 0 Å². The molecule has 2 rings (SSSR count). The van der Waals surface area contributed by atoms with Gasteiger partial charge in [-0.1, -0.05) is 12.8 Å². The van der Waals surface area contributed by atoms with Crippen molar-refractivity contribution >= 4 is 59.2 Å². The lowest BCUT2D eigenvalue weighted by Gasteiger charge is -2.26. The van der Waals surface area contributed by atoms with Crippen LogP contribution in [0.1, 0.15) is 25.7 Å². The van der Waals surface area contributed by atoms with Crippen LogP contribution in [0.5, 0.6) is 0 Å². The van der Waals surface area contributed by atoms with E-state index in [0.717, 1.165) is 30.0 Å². The Morgan fingerprint density at radius 3 is 2.45 bits per heavy atom. The highest BCUT2D eigenvalue weighted by Crippen LogP contribution is 2.38. The van der Waals surface area contributed by atoms with Crippen LogP contribution in [0, 0.1) is 0 Å². The fraction of sp³-hybridized carbons (Fsp3) is 0.545. The van der Waals surface area contributed by atoms with Crippen LogP contribution in [-0.4, -0.2) is 36.4 Å². The SMILES string of the molecule is O=C(O)CN(C1CCCC1)S(=O)(=O)c1cc(Br)sc1Br. The fourth-order valence-corrected chi connectivity index (χ4v) is 7.76. The van der Waals surface area contributed by atoms with E-state index in [9.17, 15) is 13.2 Å². The highest BCUT2D eigenvalue weighted by Gasteiger charge is 2.36. The van der Waals surface area contributed by atoms with Crippen LogP contribution >= 0.6 is 43.2 Å². The second-order valence-electron chi connectivity index (χ2n) is 4.57. The first-order chi connectivity index (χ1) is 9.32. The first-order valence-corrected chi connectivity index (χ1v) is 9.85. The van der Waals surface area contributed by atoms with Gasteiger partial charge < -0.3 is 5.11 Å². The number of hydrogen-bond acceptors (Lipinski definition) is 4. The Bertz CT molecular complexity index is 608. The summed E-state index contributed by atoms with van der Waals surface area (Å²) in [5.41, 5.74) is 0. The second-order valence-corrected chi connectivity index (χ2v) is 10.2. The first-order valence-electron chi connectivity index (χ1n) is 6.01. The fourth-order valence-electron chi connectivity index (χ4n) is 2.36. The summed E-state index contributed by atoms with van der Waals surface area (Å²) in [6, 6.07) is 1.29. The Morgan fingerprint density at radius 1 is 1.40 bits per heavy atom. The van der Waals surface area contributed by atoms with Crippen LogP contribution in [0.3, 0.4) is 0 Å². The van der Waals surface area contributed by atoms with E-state index in [-0.39, 0.29) is 10.9 Å². The van der Waals surface area contributed by atoms with E-state index in [2.05, 4.69) is 31.9 Å². The summed E-state index contributed by atoms with van der Waals surface area (Å²) in [5.74, 6) is -1.13. The summed E-state index contributed by atoms with van der Waals surface area (Å²) in [7, 11) is -3.80. The standard InChI is InChI=1S/C11H13Br2NO4S2/c12-9-5-8(11(13)19-9)20(17,18)14(6-10(15)16)7-3-1-2-4-7/h5,7H,1-4,6H2,(H,15,16). The highest BCUT2D eigenvalue weighted by atomic mass is 79.9. The maximum absolute atomic E-state index is 12.7. The number of rotatable bonds is 5. The van der Waals surface area contributed by atoms with Gasteiger partial charge in [0.15, 0.2) is 0 Å². The molecular formula is C11H13Br2NO4S2. The van der Waals surface area contributed by atoms with Crippen molar-refractivity contribution in [2.24, 2.45) is 0 Å². The van der Waals surface area contributed by atoms with Crippen LogP contribution in [-0.2, 0) is 14.8 Å². The molecule has 1 fully saturated rings. The number of halogens is 2. The molecule has 0 spiro atoms. The smallest absolute Gasteiger partial charge is 0.318 e. The maximum atomic E-state index is 12.7. The van der Waals surface area contributed by atoms with E-state index in [1.807, 2.05) is 0 Å². The Morgan fingerprint density at radius 2 is 2.00 bits per heavy atom. The molecule has 1 saturated carbocycles. The van der Waals surface area contributed by atoms with Crippen LogP contribution in [0.4, 0.5) is 0 Å². The van der Waals surface area contributed by atoms with Gasteiger partial charge in [0.25, 0.3) is 0 Å². The molecule has 0 radical (unpaired) electrons. The van der Waals surface area contributed by atoms with Gasteiger partial charge in [-0.05, 0) is 50.8 Å². The molecule has 0 aliphatic heterocycles. The molecular weight excluding hydrogens is 434 g/mol. The Balaban J connectivity index is 2.40. The van der Waals surface area contributed by atoms with Crippen LogP contribution in [0.2, 0.25) is 0 Å². The van der Waals surface area contributed by atoms with E-state index in [1.54, 1.807) is 0 Å². The quantitative estimate of drug-likeness (QED) is 0.752. The van der Waals surface area contributed by atoms with Crippen LogP contribution in [0.25, 0.3) is 0 Å². The molecule has 112 valence electrons. The molecule has 0 bridgehead atoms. The second kappa shape index (κ2) is 6.43. The van der Waals surface area contributed by atoms with Gasteiger partial charge in [-0.3, -0.25) is 4.79 Å². The number of carboxylic acid groups (broad SMARTS) is 1. The molecule has 0 aromatic carbocycles. The number of carboxylic acids is 1. The number of aliphatic carboxylic acids is 1. The van der Waals surface area contributed by atoms with Crippen molar-refractivity contribution < 1.29 is 18.3 Å². The minimum absolute atomic E-state index is 0.127. The van der Waals surface area contributed by atoms with Crippen molar-refractivity contribution in [3.8, 4) is 0 Å². The molecule has 5 nitrogen and oxygen atoms in total. The summed E-state index contributed by atoms with van der Waals surface area (Å²) in [6.45, 7) is -0.493. The molecule has 1 aliphatic rings. The van der Waals surface area contributed by atoms with Gasteiger partial charge in [-0.2, -0.15) is 4.31 Å². The van der Waals surface area contributed by atoms with Gasteiger partial charge in [0.2, 0.25) is 10.0 Å². The molecule has 9 heteroatoms. The van der Waals surface area contributed by atoms with Crippen molar-refractivity contribution in [3.05, 3.63) is 13.6 Å². The molecule has 1 N–H and O–H groups in total. The van der Waals surface area contributed by atoms with Crippen molar-refractivity contribution in [1.29, 1.82) is 0 Å². The number of thiophene rings is 1. The molecule has 0 saturated heterocycles. The maximum Gasteiger partial charge on any atom is 0.318 e. The molecule has 1 aromatic rings. The summed E-state index contributed by atoms with van der Waals surface area (Å²) in [4.78, 5) is 11.1. The lowest BCUT2D eigenvalue weighted by atomic mass is 10.2. The summed E-state index contributed by atoms with van der Waals surface area (Å²) in [6.07, 6.45) is 3.31. The molecule has 0 unspecified atom stereocenters. The summed E-state index contributed by atoms with van der Waals surface area (Å²) >= 11 is 7.73. The van der Waals surface area contributed by atoms with Gasteiger partial charge in [0.05, 0.1) is 7.57 Å². The lowest BCUT2D eigenvalue weighted by molar-refractivity contribution is -0.137. The topological polar surface area (TPSA) is 74.7 Å². The zero-order chi connectivity index (χ0) is 14.9. The van der Waals surface area contributed by atoms with E-state index in [4.69, 9.17) is 5.11 Å². The summed E-state index contributed by atoms with van der Waals surface area (Å²) in [5, 5.41) is 9.00. The molecule has 20 heavy (non-hydrogen) atoms. The largest absolute Gasteiger partial charge is 0.480 e. The number of carbonyl (C=O) groups is 1. The van der Waals surface area contributed by atoms with Crippen molar-refractivity contribution in [2.45, 2.75) is 36.6 Å². The van der Waals surface area contributed by atoms with E-state index < -0.39 is 22.5 Å². The van der Waals surface area contributed by atoms with Crippen molar-refractivity contribution in [1.82, 2.24) is 4.31 Å². The third-order valence-electron chi connectivity index (χ3n) is 3.24. The average molecular weight is 447 g/mol. The number of sulfonamides is 1. The van der Waals surface area contributed by atoms with Crippen molar-refractivity contribution in [2.75, 3.05) is 6.54 Å². The van der Waals surface area contributed by atoms with Gasteiger partial charge in [0.1, 0.15) is 11.4 Å². The zero-order valence-corrected chi connectivity index (χ0v) is 15.2. The van der Waals surface area contributed by atoms with Crippen LogP contribution in [0.15, 0.2) is 18.5 Å². The minimum Gasteiger partial charge on any atom is -0.480 e. The van der Waals surface area contributed by atoms with Gasteiger partial charge in [0, 0.05) is 6.04 Å². The Hall–Kier alpha value is 0.0400. The van der Waals surface area contributed by atoms with Crippen LogP contribution < -0.4 is 0 Å².